The molecule has 7 heteroatoms. The van der Waals surface area contributed by atoms with Crippen molar-refractivity contribution in [3.63, 3.8) is 0 Å². The Bertz CT molecular complexity index is 887. The third-order valence-electron chi connectivity index (χ3n) is 4.70. The van der Waals surface area contributed by atoms with Gasteiger partial charge in [0.15, 0.2) is 0 Å². The molecule has 0 amide bonds. The van der Waals surface area contributed by atoms with Crippen LogP contribution in [-0.2, 0) is 4.79 Å². The molecule has 2 aliphatic rings. The van der Waals surface area contributed by atoms with E-state index in [-0.39, 0.29) is 28.9 Å². The first-order valence-corrected chi connectivity index (χ1v) is 9.42. The third-order valence-corrected chi connectivity index (χ3v) is 5.24. The zero-order valence-corrected chi connectivity index (χ0v) is 15.2. The highest BCUT2D eigenvalue weighted by atomic mass is 32.2. The van der Waals surface area contributed by atoms with Crippen LogP contribution in [0.3, 0.4) is 0 Å². The van der Waals surface area contributed by atoms with E-state index in [1.165, 1.54) is 11.8 Å². The number of fused-ring (bicyclic) bond motifs is 2. The lowest BCUT2D eigenvalue weighted by molar-refractivity contribution is -0.125. The van der Waals surface area contributed by atoms with E-state index in [1.54, 1.807) is 22.9 Å². The molecular weight excluding hydrogens is 336 g/mol. The van der Waals surface area contributed by atoms with Gasteiger partial charge in [0.25, 0.3) is 0 Å². The smallest absolute Gasteiger partial charge is 0.227 e. The highest BCUT2D eigenvalue weighted by Crippen LogP contribution is 2.45. The number of nitrogens with zero attached hydrogens (tertiary/aromatic N) is 3. The summed E-state index contributed by atoms with van der Waals surface area (Å²) in [6, 6.07) is 6.73. The Morgan fingerprint density at radius 3 is 2.92 bits per heavy atom. The average molecular weight is 356 g/mol. The van der Waals surface area contributed by atoms with Crippen molar-refractivity contribution in [2.75, 3.05) is 11.6 Å². The molecule has 0 saturated carbocycles. The van der Waals surface area contributed by atoms with Crippen molar-refractivity contribution in [3.05, 3.63) is 41.6 Å². The van der Waals surface area contributed by atoms with E-state index in [0.717, 1.165) is 11.3 Å². The van der Waals surface area contributed by atoms with E-state index in [0.29, 0.717) is 17.5 Å². The number of hydrogen-bond acceptors (Lipinski definition) is 6. The number of carbonyl (C=O) groups excluding carboxylic acids is 1. The summed E-state index contributed by atoms with van der Waals surface area (Å²) in [5.74, 6) is 0.636. The standard InChI is InChI=1S/C18H20N4O2S/c1-18(2)8-12-14(13(24)9-18)15(10-5-4-6-11(23)7-10)22-16(19-12)20-17(21-22)25-3/h4-8,14-15,23H,9H2,1-3H3,(H,19,20,21)/t14-,15-/m1/s1. The van der Waals surface area contributed by atoms with Crippen molar-refractivity contribution in [2.45, 2.75) is 31.5 Å². The number of rotatable bonds is 2. The first-order valence-electron chi connectivity index (χ1n) is 8.20. The monoisotopic (exact) mass is 356 g/mol. The zero-order valence-electron chi connectivity index (χ0n) is 14.4. The maximum absolute atomic E-state index is 13.0. The fraction of sp³-hybridized carbons (Fsp3) is 0.389. The summed E-state index contributed by atoms with van der Waals surface area (Å²) in [6.45, 7) is 4.12. The van der Waals surface area contributed by atoms with Crippen LogP contribution in [0.5, 0.6) is 5.75 Å². The van der Waals surface area contributed by atoms with E-state index in [1.807, 2.05) is 12.3 Å². The van der Waals surface area contributed by atoms with Crippen LogP contribution in [0.25, 0.3) is 0 Å². The molecule has 2 N–H and O–H groups in total. The molecule has 2 aromatic rings. The van der Waals surface area contributed by atoms with Gasteiger partial charge < -0.3 is 10.4 Å². The van der Waals surface area contributed by atoms with Crippen molar-refractivity contribution < 1.29 is 9.90 Å². The van der Waals surface area contributed by atoms with Gasteiger partial charge in [-0.05, 0) is 29.4 Å². The van der Waals surface area contributed by atoms with Crippen LogP contribution in [0.15, 0.2) is 41.2 Å². The highest BCUT2D eigenvalue weighted by Gasteiger charge is 2.45. The molecule has 0 spiro atoms. The van der Waals surface area contributed by atoms with E-state index in [4.69, 9.17) is 0 Å². The summed E-state index contributed by atoms with van der Waals surface area (Å²) in [7, 11) is 0. The average Bonchev–Trinajstić information content (AvgIpc) is 2.94. The summed E-state index contributed by atoms with van der Waals surface area (Å²) in [5.41, 5.74) is 1.54. The summed E-state index contributed by atoms with van der Waals surface area (Å²) in [6.07, 6.45) is 4.54. The number of allylic oxidation sites excluding steroid dienone is 2. The predicted molar refractivity (Wildman–Crippen MR) is 96.6 cm³/mol. The minimum absolute atomic E-state index is 0.176. The Morgan fingerprint density at radius 2 is 2.20 bits per heavy atom. The maximum Gasteiger partial charge on any atom is 0.227 e. The molecular formula is C18H20N4O2S. The molecule has 0 fully saturated rings. The molecule has 130 valence electrons. The molecule has 0 saturated heterocycles. The van der Waals surface area contributed by atoms with Gasteiger partial charge in [0.05, 0.1) is 12.0 Å². The Labute approximate surface area is 150 Å². The number of ketones is 1. The lowest BCUT2D eigenvalue weighted by atomic mass is 9.72. The van der Waals surface area contributed by atoms with Crippen molar-refractivity contribution >= 4 is 23.5 Å². The molecule has 25 heavy (non-hydrogen) atoms. The topological polar surface area (TPSA) is 80.0 Å². The molecule has 0 unspecified atom stereocenters. The van der Waals surface area contributed by atoms with Crippen molar-refractivity contribution in [1.29, 1.82) is 0 Å². The molecule has 0 bridgehead atoms. The Hall–Kier alpha value is -2.28. The Morgan fingerprint density at radius 1 is 1.40 bits per heavy atom. The molecule has 1 aromatic heterocycles. The molecule has 1 aliphatic carbocycles. The van der Waals surface area contributed by atoms with E-state index in [2.05, 4.69) is 35.3 Å². The van der Waals surface area contributed by atoms with Crippen LogP contribution in [0.1, 0.15) is 31.9 Å². The van der Waals surface area contributed by atoms with Crippen LogP contribution < -0.4 is 5.32 Å². The summed E-state index contributed by atoms with van der Waals surface area (Å²) in [5, 5.41) is 18.4. The second-order valence-electron chi connectivity index (χ2n) is 7.24. The molecule has 1 aliphatic heterocycles. The predicted octanol–water partition coefficient (Wildman–Crippen LogP) is 3.22. The molecule has 6 nitrogen and oxygen atoms in total. The molecule has 0 radical (unpaired) electrons. The number of carbonyl (C=O) groups is 1. The SMILES string of the molecule is CSc1nc2n(n1)[C@H](c1cccc(O)c1)[C@H]1C(=O)CC(C)(C)C=C1N2. The lowest BCUT2D eigenvalue weighted by Crippen LogP contribution is -2.42. The van der Waals surface area contributed by atoms with Gasteiger partial charge in [-0.2, -0.15) is 4.98 Å². The van der Waals surface area contributed by atoms with Gasteiger partial charge in [-0.15, -0.1) is 5.10 Å². The number of aromatic nitrogens is 3. The van der Waals surface area contributed by atoms with Gasteiger partial charge in [-0.25, -0.2) is 4.68 Å². The fourth-order valence-corrected chi connectivity index (χ4v) is 4.08. The number of phenolic OH excluding ortho intramolecular Hbond substituents is 1. The number of anilines is 1. The largest absolute Gasteiger partial charge is 0.508 e. The van der Waals surface area contributed by atoms with Crippen molar-refractivity contribution in [1.82, 2.24) is 14.8 Å². The lowest BCUT2D eigenvalue weighted by Gasteiger charge is -2.40. The quantitative estimate of drug-likeness (QED) is 0.804. The van der Waals surface area contributed by atoms with Crippen LogP contribution in [-0.4, -0.2) is 31.9 Å². The van der Waals surface area contributed by atoms with E-state index < -0.39 is 0 Å². The van der Waals surface area contributed by atoms with E-state index in [9.17, 15) is 9.90 Å². The van der Waals surface area contributed by atoms with Gasteiger partial charge in [-0.3, -0.25) is 4.79 Å². The number of Topliss-reactive ketones (excluding diaryl/α,β-unsaturated/α-hetero) is 1. The van der Waals surface area contributed by atoms with Gasteiger partial charge in [0, 0.05) is 12.1 Å². The number of phenols is 1. The van der Waals surface area contributed by atoms with Crippen LogP contribution in [0.2, 0.25) is 0 Å². The molecule has 4 rings (SSSR count). The van der Waals surface area contributed by atoms with Gasteiger partial charge in [0.1, 0.15) is 11.5 Å². The number of hydrogen-bond donors (Lipinski definition) is 2. The fourth-order valence-electron chi connectivity index (χ4n) is 3.74. The van der Waals surface area contributed by atoms with Crippen LogP contribution in [0, 0.1) is 11.3 Å². The van der Waals surface area contributed by atoms with Crippen LogP contribution in [0.4, 0.5) is 5.95 Å². The Kier molecular flexibility index (Phi) is 3.64. The van der Waals surface area contributed by atoms with Gasteiger partial charge >= 0.3 is 0 Å². The summed E-state index contributed by atoms with van der Waals surface area (Å²) < 4.78 is 1.78. The third kappa shape index (κ3) is 2.72. The minimum atomic E-state index is -0.348. The molecule has 2 atom stereocenters. The number of benzene rings is 1. The van der Waals surface area contributed by atoms with Crippen LogP contribution >= 0.6 is 11.8 Å². The number of aromatic hydroxyl groups is 1. The summed E-state index contributed by atoms with van der Waals surface area (Å²) in [4.78, 5) is 17.5. The second-order valence-corrected chi connectivity index (χ2v) is 8.01. The number of nitrogens with one attached hydrogen (secondary N) is 1. The zero-order chi connectivity index (χ0) is 17.8. The van der Waals surface area contributed by atoms with Gasteiger partial charge in [0.2, 0.25) is 11.1 Å². The molecule has 1 aromatic carbocycles. The first kappa shape index (κ1) is 16.2. The first-order chi connectivity index (χ1) is 11.9. The molecule has 2 heterocycles. The minimum Gasteiger partial charge on any atom is -0.508 e. The van der Waals surface area contributed by atoms with E-state index >= 15 is 0 Å². The maximum atomic E-state index is 13.0. The van der Waals surface area contributed by atoms with Crippen molar-refractivity contribution in [3.8, 4) is 5.75 Å². The second kappa shape index (κ2) is 5.62. The van der Waals surface area contributed by atoms with Gasteiger partial charge in [-0.1, -0.05) is 43.8 Å². The summed E-state index contributed by atoms with van der Waals surface area (Å²) >= 11 is 1.46. The number of thioether (sulfide) groups is 1. The normalized spacial score (nSPS) is 24.1. The van der Waals surface area contributed by atoms with Crippen molar-refractivity contribution in [2.24, 2.45) is 11.3 Å². The Balaban J connectivity index is 1.92. The highest BCUT2D eigenvalue weighted by molar-refractivity contribution is 7.98.